The maximum Gasteiger partial charge on any atom is 0.340 e. The van der Waals surface area contributed by atoms with Crippen molar-refractivity contribution in [3.63, 3.8) is 0 Å². The number of methoxy groups -OCH3 is 2. The quantitative estimate of drug-likeness (QED) is 0.523. The fourth-order valence-corrected chi connectivity index (χ4v) is 2.31. The van der Waals surface area contributed by atoms with Gasteiger partial charge in [0.2, 0.25) is 0 Å². The Bertz CT molecular complexity index is 767. The lowest BCUT2D eigenvalue weighted by atomic mass is 10.2. The van der Waals surface area contributed by atoms with E-state index in [9.17, 15) is 4.79 Å². The fourth-order valence-electron chi connectivity index (χ4n) is 2.31. The molecule has 0 saturated carbocycles. The van der Waals surface area contributed by atoms with Crippen LogP contribution in [0.1, 0.15) is 25.0 Å². The van der Waals surface area contributed by atoms with Gasteiger partial charge in [-0.1, -0.05) is 30.4 Å². The Hall–Kier alpha value is -2.79. The van der Waals surface area contributed by atoms with E-state index in [1.54, 1.807) is 20.1 Å². The van der Waals surface area contributed by atoms with Gasteiger partial charge in [-0.05, 0) is 49.2 Å². The highest BCUT2D eigenvalue weighted by molar-refractivity contribution is 5.77. The summed E-state index contributed by atoms with van der Waals surface area (Å²) in [4.78, 5) is 12.3. The highest BCUT2D eigenvalue weighted by atomic mass is 16.6. The predicted molar refractivity (Wildman–Crippen MR) is 101 cm³/mol. The molecule has 26 heavy (non-hydrogen) atoms. The average molecular weight is 356 g/mol. The van der Waals surface area contributed by atoms with Gasteiger partial charge in [0.15, 0.2) is 17.6 Å². The Morgan fingerprint density at radius 3 is 2.58 bits per heavy atom. The standard InChI is InChI=1S/C21H24O5/c1-5-7-16-10-11-19(20(13-16)24-4)26-21(22)15(2)25-14-17-8-6-9-18(12-17)23-3/h5-13,15H,14H2,1-4H3/b7-5+. The molecular weight excluding hydrogens is 332 g/mol. The summed E-state index contributed by atoms with van der Waals surface area (Å²) in [7, 11) is 3.14. The van der Waals surface area contributed by atoms with Crippen LogP contribution in [0.3, 0.4) is 0 Å². The monoisotopic (exact) mass is 356 g/mol. The Kier molecular flexibility index (Phi) is 7.24. The van der Waals surface area contributed by atoms with Gasteiger partial charge in [-0.15, -0.1) is 0 Å². The van der Waals surface area contributed by atoms with Crippen molar-refractivity contribution in [1.29, 1.82) is 0 Å². The molecule has 0 aliphatic heterocycles. The lowest BCUT2D eigenvalue weighted by molar-refractivity contribution is -0.147. The van der Waals surface area contributed by atoms with Gasteiger partial charge in [-0.3, -0.25) is 0 Å². The van der Waals surface area contributed by atoms with E-state index in [-0.39, 0.29) is 6.61 Å². The summed E-state index contributed by atoms with van der Waals surface area (Å²) in [5, 5.41) is 0. The third-order valence-electron chi connectivity index (χ3n) is 3.72. The Balaban J connectivity index is 1.98. The molecule has 0 radical (unpaired) electrons. The number of ether oxygens (including phenoxy) is 4. The molecule has 0 aliphatic carbocycles. The summed E-state index contributed by atoms with van der Waals surface area (Å²) in [6.07, 6.45) is 3.14. The zero-order valence-corrected chi connectivity index (χ0v) is 15.5. The molecule has 2 aromatic carbocycles. The van der Waals surface area contributed by atoms with Gasteiger partial charge >= 0.3 is 5.97 Å². The lowest BCUT2D eigenvalue weighted by Gasteiger charge is -2.15. The van der Waals surface area contributed by atoms with Gasteiger partial charge < -0.3 is 18.9 Å². The molecule has 0 bridgehead atoms. The van der Waals surface area contributed by atoms with Crippen molar-refractivity contribution in [3.8, 4) is 17.2 Å². The number of hydrogen-bond donors (Lipinski definition) is 0. The highest BCUT2D eigenvalue weighted by Gasteiger charge is 2.18. The van der Waals surface area contributed by atoms with Gasteiger partial charge in [0, 0.05) is 0 Å². The van der Waals surface area contributed by atoms with E-state index >= 15 is 0 Å². The van der Waals surface area contributed by atoms with Crippen LogP contribution in [-0.4, -0.2) is 26.3 Å². The van der Waals surface area contributed by atoms with E-state index in [1.165, 1.54) is 7.11 Å². The molecule has 0 amide bonds. The number of rotatable bonds is 8. The fraction of sp³-hybridized carbons (Fsp3) is 0.286. The number of esters is 1. The van der Waals surface area contributed by atoms with Crippen molar-refractivity contribution in [2.45, 2.75) is 26.6 Å². The van der Waals surface area contributed by atoms with Crippen LogP contribution in [0.4, 0.5) is 0 Å². The molecule has 1 atom stereocenters. The van der Waals surface area contributed by atoms with Crippen LogP contribution in [-0.2, 0) is 16.1 Å². The number of carbonyl (C=O) groups is 1. The van der Waals surface area contributed by atoms with Crippen molar-refractivity contribution in [2.24, 2.45) is 0 Å². The summed E-state index contributed by atoms with van der Waals surface area (Å²) < 4.78 is 21.5. The molecule has 0 spiro atoms. The van der Waals surface area contributed by atoms with Crippen LogP contribution in [0.5, 0.6) is 17.2 Å². The Labute approximate surface area is 154 Å². The third-order valence-corrected chi connectivity index (χ3v) is 3.72. The molecule has 138 valence electrons. The summed E-state index contributed by atoms with van der Waals surface area (Å²) in [6, 6.07) is 12.9. The second-order valence-corrected chi connectivity index (χ2v) is 5.64. The van der Waals surface area contributed by atoms with E-state index in [0.717, 1.165) is 16.9 Å². The smallest absolute Gasteiger partial charge is 0.340 e. The van der Waals surface area contributed by atoms with E-state index in [0.29, 0.717) is 11.5 Å². The van der Waals surface area contributed by atoms with Crippen molar-refractivity contribution >= 4 is 12.0 Å². The minimum Gasteiger partial charge on any atom is -0.497 e. The van der Waals surface area contributed by atoms with Crippen LogP contribution >= 0.6 is 0 Å². The zero-order chi connectivity index (χ0) is 18.9. The van der Waals surface area contributed by atoms with E-state index in [2.05, 4.69) is 0 Å². The number of allylic oxidation sites excluding steroid dienone is 1. The average Bonchev–Trinajstić information content (AvgIpc) is 2.67. The van der Waals surface area contributed by atoms with Crippen molar-refractivity contribution in [2.75, 3.05) is 14.2 Å². The molecule has 0 saturated heterocycles. The van der Waals surface area contributed by atoms with Crippen LogP contribution in [0.2, 0.25) is 0 Å². The van der Waals surface area contributed by atoms with Gasteiger partial charge in [-0.25, -0.2) is 4.79 Å². The third kappa shape index (κ3) is 5.36. The van der Waals surface area contributed by atoms with Gasteiger partial charge in [-0.2, -0.15) is 0 Å². The number of carbonyl (C=O) groups excluding carboxylic acids is 1. The normalized spacial score (nSPS) is 12.0. The molecule has 2 aromatic rings. The maximum absolute atomic E-state index is 12.3. The topological polar surface area (TPSA) is 54.0 Å². The van der Waals surface area contributed by atoms with Crippen LogP contribution < -0.4 is 14.2 Å². The molecule has 0 heterocycles. The van der Waals surface area contributed by atoms with Crippen molar-refractivity contribution in [1.82, 2.24) is 0 Å². The lowest BCUT2D eigenvalue weighted by Crippen LogP contribution is -2.25. The molecule has 0 aromatic heterocycles. The van der Waals surface area contributed by atoms with Crippen molar-refractivity contribution in [3.05, 3.63) is 59.7 Å². The van der Waals surface area contributed by atoms with E-state index in [1.807, 2.05) is 55.5 Å². The summed E-state index contributed by atoms with van der Waals surface area (Å²) >= 11 is 0. The molecule has 0 N–H and O–H groups in total. The van der Waals surface area contributed by atoms with Crippen LogP contribution in [0, 0.1) is 0 Å². The van der Waals surface area contributed by atoms with Crippen LogP contribution in [0.15, 0.2) is 48.5 Å². The van der Waals surface area contributed by atoms with Crippen LogP contribution in [0.25, 0.3) is 6.08 Å². The predicted octanol–water partition coefficient (Wildman–Crippen LogP) is 4.25. The minimum absolute atomic E-state index is 0.283. The number of benzene rings is 2. The first-order valence-corrected chi connectivity index (χ1v) is 8.34. The molecule has 2 rings (SSSR count). The molecular formula is C21H24O5. The largest absolute Gasteiger partial charge is 0.497 e. The first-order chi connectivity index (χ1) is 12.6. The second kappa shape index (κ2) is 9.63. The van der Waals surface area contributed by atoms with Gasteiger partial charge in [0.1, 0.15) is 5.75 Å². The molecule has 5 heteroatoms. The minimum atomic E-state index is -0.721. The molecule has 0 fully saturated rings. The SMILES string of the molecule is C/C=C/c1ccc(OC(=O)C(C)OCc2cccc(OC)c2)c(OC)c1. The number of hydrogen-bond acceptors (Lipinski definition) is 5. The summed E-state index contributed by atoms with van der Waals surface area (Å²) in [6.45, 7) is 3.87. The van der Waals surface area contributed by atoms with Gasteiger partial charge in [0.05, 0.1) is 20.8 Å². The summed E-state index contributed by atoms with van der Waals surface area (Å²) in [5.74, 6) is 1.12. The second-order valence-electron chi connectivity index (χ2n) is 5.64. The van der Waals surface area contributed by atoms with Gasteiger partial charge in [0.25, 0.3) is 0 Å². The van der Waals surface area contributed by atoms with E-state index < -0.39 is 12.1 Å². The van der Waals surface area contributed by atoms with E-state index in [4.69, 9.17) is 18.9 Å². The first-order valence-electron chi connectivity index (χ1n) is 8.34. The highest BCUT2D eigenvalue weighted by Crippen LogP contribution is 2.29. The zero-order valence-electron chi connectivity index (χ0n) is 15.5. The Morgan fingerprint density at radius 2 is 1.88 bits per heavy atom. The molecule has 5 nitrogen and oxygen atoms in total. The molecule has 1 unspecified atom stereocenters. The Morgan fingerprint density at radius 1 is 1.08 bits per heavy atom. The molecule has 0 aliphatic rings. The first kappa shape index (κ1) is 19.5. The summed E-state index contributed by atoms with van der Waals surface area (Å²) in [5.41, 5.74) is 1.88. The maximum atomic E-state index is 12.3. The van der Waals surface area contributed by atoms with Crippen molar-refractivity contribution < 1.29 is 23.7 Å².